The lowest BCUT2D eigenvalue weighted by atomic mass is 10.3. The van der Waals surface area contributed by atoms with Gasteiger partial charge in [0.15, 0.2) is 0 Å². The molecule has 1 heterocycles. The maximum Gasteiger partial charge on any atom is 0.244 e. The molecule has 0 bridgehead atoms. The smallest absolute Gasteiger partial charge is 0.244 e. The molecule has 1 N–H and O–H groups in total. The minimum atomic E-state index is -0.295. The third-order valence-corrected chi connectivity index (χ3v) is 4.75. The molecule has 1 amide bonds. The van der Waals surface area contributed by atoms with E-state index in [1.165, 1.54) is 0 Å². The van der Waals surface area contributed by atoms with Crippen molar-refractivity contribution in [1.82, 2.24) is 20.0 Å². The monoisotopic (exact) mass is 344 g/mol. The lowest BCUT2D eigenvalue weighted by Crippen LogP contribution is -2.38. The minimum Gasteiger partial charge on any atom is -0.353 e. The fourth-order valence-corrected chi connectivity index (χ4v) is 2.42. The highest BCUT2D eigenvalue weighted by Gasteiger charge is 2.19. The molecule has 0 aliphatic heterocycles. The summed E-state index contributed by atoms with van der Waals surface area (Å²) in [6.45, 7) is 13.6. The van der Waals surface area contributed by atoms with E-state index in [0.29, 0.717) is 6.54 Å². The Hall–Kier alpha value is -0.880. The fraction of sp³-hybridized carbons (Fsp3) is 0.714. The molecule has 1 atom stereocenters. The van der Waals surface area contributed by atoms with Crippen molar-refractivity contribution >= 4 is 21.8 Å². The number of nitrogens with zero attached hydrogens (tertiary/aromatic N) is 3. The van der Waals surface area contributed by atoms with Gasteiger partial charge in [0.2, 0.25) is 5.91 Å². The van der Waals surface area contributed by atoms with Gasteiger partial charge in [-0.2, -0.15) is 5.10 Å². The SMILES string of the molecule is CCN(CC)CCNC(=O)C(C)n1nc(C)c(Br)c1C. The summed E-state index contributed by atoms with van der Waals surface area (Å²) >= 11 is 3.49. The summed E-state index contributed by atoms with van der Waals surface area (Å²) in [6, 6.07) is -0.295. The number of likely N-dealkylation sites (N-methyl/N-ethyl adjacent to an activating group) is 1. The number of carbonyl (C=O) groups excluding carboxylic acids is 1. The second-order valence-electron chi connectivity index (χ2n) is 4.92. The van der Waals surface area contributed by atoms with E-state index in [-0.39, 0.29) is 11.9 Å². The van der Waals surface area contributed by atoms with Gasteiger partial charge in [-0.15, -0.1) is 0 Å². The average molecular weight is 345 g/mol. The normalized spacial score (nSPS) is 12.8. The van der Waals surface area contributed by atoms with Gasteiger partial charge in [0.1, 0.15) is 6.04 Å². The first kappa shape index (κ1) is 17.2. The van der Waals surface area contributed by atoms with E-state index >= 15 is 0 Å². The summed E-state index contributed by atoms with van der Waals surface area (Å²) in [6.07, 6.45) is 0. The summed E-state index contributed by atoms with van der Waals surface area (Å²) < 4.78 is 2.74. The van der Waals surface area contributed by atoms with E-state index in [4.69, 9.17) is 0 Å². The van der Waals surface area contributed by atoms with Crippen molar-refractivity contribution in [3.63, 3.8) is 0 Å². The highest BCUT2D eigenvalue weighted by molar-refractivity contribution is 9.10. The average Bonchev–Trinajstić information content (AvgIpc) is 2.70. The molecule has 0 fully saturated rings. The van der Waals surface area contributed by atoms with E-state index in [9.17, 15) is 4.79 Å². The van der Waals surface area contributed by atoms with E-state index in [1.54, 1.807) is 4.68 Å². The summed E-state index contributed by atoms with van der Waals surface area (Å²) in [5.74, 6) is 0.00950. The summed E-state index contributed by atoms with van der Waals surface area (Å²) in [7, 11) is 0. The number of rotatable bonds is 7. The molecule has 0 spiro atoms. The number of hydrogen-bond acceptors (Lipinski definition) is 3. The number of hydrogen-bond donors (Lipinski definition) is 1. The van der Waals surface area contributed by atoms with Gasteiger partial charge in [-0.3, -0.25) is 9.48 Å². The van der Waals surface area contributed by atoms with Crippen LogP contribution < -0.4 is 5.32 Å². The van der Waals surface area contributed by atoms with E-state index in [1.807, 2.05) is 20.8 Å². The third kappa shape index (κ3) is 4.06. The predicted octanol–water partition coefficient (Wildman–Crippen LogP) is 2.28. The second kappa shape index (κ2) is 7.78. The Labute approximate surface area is 129 Å². The van der Waals surface area contributed by atoms with E-state index in [0.717, 1.165) is 35.5 Å². The molecule has 1 unspecified atom stereocenters. The van der Waals surface area contributed by atoms with Crippen molar-refractivity contribution in [1.29, 1.82) is 0 Å². The zero-order chi connectivity index (χ0) is 15.3. The maximum absolute atomic E-state index is 12.2. The van der Waals surface area contributed by atoms with Crippen molar-refractivity contribution in [2.45, 2.75) is 40.7 Å². The van der Waals surface area contributed by atoms with Gasteiger partial charge in [-0.1, -0.05) is 13.8 Å². The lowest BCUT2D eigenvalue weighted by Gasteiger charge is -2.19. The predicted molar refractivity (Wildman–Crippen MR) is 84.9 cm³/mol. The Morgan fingerprint density at radius 1 is 1.40 bits per heavy atom. The van der Waals surface area contributed by atoms with Gasteiger partial charge in [-0.25, -0.2) is 0 Å². The number of nitrogens with one attached hydrogen (secondary N) is 1. The topological polar surface area (TPSA) is 50.2 Å². The molecule has 0 saturated heterocycles. The summed E-state index contributed by atoms with van der Waals surface area (Å²) in [5.41, 5.74) is 1.89. The van der Waals surface area contributed by atoms with Crippen LogP contribution in [0.15, 0.2) is 4.47 Å². The molecular weight excluding hydrogens is 320 g/mol. The van der Waals surface area contributed by atoms with Crippen molar-refractivity contribution in [3.05, 3.63) is 15.9 Å². The Balaban J connectivity index is 2.57. The molecule has 5 nitrogen and oxygen atoms in total. The zero-order valence-corrected chi connectivity index (χ0v) is 14.6. The summed E-state index contributed by atoms with van der Waals surface area (Å²) in [4.78, 5) is 14.5. The molecule has 0 radical (unpaired) electrons. The van der Waals surface area contributed by atoms with Gasteiger partial charge in [-0.05, 0) is 49.8 Å². The first-order valence-electron chi connectivity index (χ1n) is 7.13. The highest BCUT2D eigenvalue weighted by Crippen LogP contribution is 2.22. The minimum absolute atomic E-state index is 0.00950. The van der Waals surface area contributed by atoms with Crippen molar-refractivity contribution in [2.24, 2.45) is 0 Å². The Morgan fingerprint density at radius 2 is 2.00 bits per heavy atom. The standard InChI is InChI=1S/C14H25BrN4O/c1-6-18(7-2)9-8-16-14(20)12(5)19-11(4)13(15)10(3)17-19/h12H,6-9H2,1-5H3,(H,16,20). The highest BCUT2D eigenvalue weighted by atomic mass is 79.9. The molecule has 20 heavy (non-hydrogen) atoms. The van der Waals surface area contributed by atoms with Gasteiger partial charge >= 0.3 is 0 Å². The maximum atomic E-state index is 12.2. The first-order valence-corrected chi connectivity index (χ1v) is 7.92. The van der Waals surface area contributed by atoms with Crippen LogP contribution in [0.1, 0.15) is 38.2 Å². The van der Waals surface area contributed by atoms with Crippen LogP contribution in [0.4, 0.5) is 0 Å². The first-order chi connectivity index (χ1) is 9.42. The molecular formula is C14H25BrN4O. The number of amides is 1. The largest absolute Gasteiger partial charge is 0.353 e. The third-order valence-electron chi connectivity index (χ3n) is 3.60. The van der Waals surface area contributed by atoms with Crippen LogP contribution in [0.2, 0.25) is 0 Å². The van der Waals surface area contributed by atoms with Crippen LogP contribution in [0.25, 0.3) is 0 Å². The van der Waals surface area contributed by atoms with Gasteiger partial charge in [0.25, 0.3) is 0 Å². The number of halogens is 1. The van der Waals surface area contributed by atoms with Gasteiger partial charge in [0.05, 0.1) is 15.9 Å². The van der Waals surface area contributed by atoms with Gasteiger partial charge < -0.3 is 10.2 Å². The number of aryl methyl sites for hydroxylation is 1. The van der Waals surface area contributed by atoms with Crippen LogP contribution in [0.5, 0.6) is 0 Å². The lowest BCUT2D eigenvalue weighted by molar-refractivity contribution is -0.124. The van der Waals surface area contributed by atoms with Crippen molar-refractivity contribution < 1.29 is 4.79 Å². The van der Waals surface area contributed by atoms with Crippen molar-refractivity contribution in [2.75, 3.05) is 26.2 Å². The number of aromatic nitrogens is 2. The van der Waals surface area contributed by atoms with Crippen LogP contribution in [-0.2, 0) is 4.79 Å². The Morgan fingerprint density at radius 3 is 2.45 bits per heavy atom. The fourth-order valence-electron chi connectivity index (χ4n) is 2.16. The van der Waals surface area contributed by atoms with Crippen LogP contribution in [0, 0.1) is 13.8 Å². The Kier molecular flexibility index (Phi) is 6.68. The van der Waals surface area contributed by atoms with E-state index in [2.05, 4.69) is 45.1 Å². The molecule has 6 heteroatoms. The van der Waals surface area contributed by atoms with Crippen LogP contribution in [0.3, 0.4) is 0 Å². The quantitative estimate of drug-likeness (QED) is 0.825. The molecule has 0 aliphatic rings. The summed E-state index contributed by atoms with van der Waals surface area (Å²) in [5, 5.41) is 7.38. The second-order valence-corrected chi connectivity index (χ2v) is 5.72. The zero-order valence-electron chi connectivity index (χ0n) is 13.0. The molecule has 0 saturated carbocycles. The molecule has 1 aromatic heterocycles. The van der Waals surface area contributed by atoms with Crippen molar-refractivity contribution in [3.8, 4) is 0 Å². The van der Waals surface area contributed by atoms with E-state index < -0.39 is 0 Å². The van der Waals surface area contributed by atoms with Crippen LogP contribution in [-0.4, -0.2) is 46.8 Å². The molecule has 114 valence electrons. The van der Waals surface area contributed by atoms with Crippen LogP contribution >= 0.6 is 15.9 Å². The number of carbonyl (C=O) groups is 1. The Bertz CT molecular complexity index is 454. The molecule has 1 rings (SSSR count). The molecule has 0 aliphatic carbocycles. The molecule has 0 aromatic carbocycles. The van der Waals surface area contributed by atoms with Gasteiger partial charge in [0, 0.05) is 13.1 Å². The molecule has 1 aromatic rings.